The molecule has 0 spiro atoms. The molecule has 0 aliphatic carbocycles. The summed E-state index contributed by atoms with van der Waals surface area (Å²) in [5.41, 5.74) is -1.96. The van der Waals surface area contributed by atoms with Gasteiger partial charge in [0.15, 0.2) is 5.54 Å². The molecular weight excluding hydrogens is 195 g/mol. The predicted molar refractivity (Wildman–Crippen MR) is 43.7 cm³/mol. The SMILES string of the molecule is FC(F)(F)C1(c2ccco2)CCCN1. The summed E-state index contributed by atoms with van der Waals surface area (Å²) in [5.74, 6) is -0.0394. The molecule has 0 saturated carbocycles. The Kier molecular flexibility index (Phi) is 2.06. The van der Waals surface area contributed by atoms with E-state index in [2.05, 4.69) is 5.32 Å². The Morgan fingerprint density at radius 2 is 2.21 bits per heavy atom. The lowest BCUT2D eigenvalue weighted by molar-refractivity contribution is -0.201. The van der Waals surface area contributed by atoms with Crippen molar-refractivity contribution in [3.63, 3.8) is 0 Å². The van der Waals surface area contributed by atoms with Crippen molar-refractivity contribution in [2.75, 3.05) is 6.54 Å². The topological polar surface area (TPSA) is 25.2 Å². The molecule has 1 aliphatic heterocycles. The molecule has 0 bridgehead atoms. The minimum atomic E-state index is -4.30. The van der Waals surface area contributed by atoms with Crippen molar-refractivity contribution in [1.29, 1.82) is 0 Å². The molecule has 0 amide bonds. The largest absolute Gasteiger partial charge is 0.467 e. The lowest BCUT2D eigenvalue weighted by atomic mass is 9.93. The summed E-state index contributed by atoms with van der Waals surface area (Å²) in [4.78, 5) is 0. The highest BCUT2D eigenvalue weighted by atomic mass is 19.4. The number of hydrogen-bond acceptors (Lipinski definition) is 2. The fraction of sp³-hybridized carbons (Fsp3) is 0.556. The predicted octanol–water partition coefficient (Wildman–Crippen LogP) is 2.42. The van der Waals surface area contributed by atoms with Gasteiger partial charge in [0.1, 0.15) is 5.76 Å². The minimum absolute atomic E-state index is 0.0394. The molecule has 0 radical (unpaired) electrons. The van der Waals surface area contributed by atoms with Gasteiger partial charge in [-0.15, -0.1) is 0 Å². The average Bonchev–Trinajstić information content (AvgIpc) is 2.74. The molecule has 2 rings (SSSR count). The van der Waals surface area contributed by atoms with E-state index in [1.165, 1.54) is 18.4 Å². The van der Waals surface area contributed by atoms with Crippen molar-refractivity contribution in [3.05, 3.63) is 24.2 Å². The molecule has 1 saturated heterocycles. The van der Waals surface area contributed by atoms with Crippen LogP contribution in [0, 0.1) is 0 Å². The molecule has 1 atom stereocenters. The quantitative estimate of drug-likeness (QED) is 0.761. The number of halogens is 3. The standard InChI is InChI=1S/C9H10F3NO/c10-9(11,12)8(4-2-5-13-8)7-3-1-6-14-7/h1,3,6,13H,2,4-5H2. The molecule has 2 nitrogen and oxygen atoms in total. The second-order valence-corrected chi connectivity index (χ2v) is 3.41. The fourth-order valence-corrected chi connectivity index (χ4v) is 1.86. The van der Waals surface area contributed by atoms with Crippen molar-refractivity contribution >= 4 is 0 Å². The summed E-state index contributed by atoms with van der Waals surface area (Å²) in [6.07, 6.45) is -2.48. The zero-order valence-corrected chi connectivity index (χ0v) is 7.40. The second-order valence-electron chi connectivity index (χ2n) is 3.41. The number of alkyl halides is 3. The minimum Gasteiger partial charge on any atom is -0.467 e. The fourth-order valence-electron chi connectivity index (χ4n) is 1.86. The van der Waals surface area contributed by atoms with E-state index >= 15 is 0 Å². The van der Waals surface area contributed by atoms with Crippen LogP contribution in [0.5, 0.6) is 0 Å². The van der Waals surface area contributed by atoms with Crippen molar-refractivity contribution in [2.45, 2.75) is 24.6 Å². The van der Waals surface area contributed by atoms with Gasteiger partial charge in [-0.05, 0) is 31.5 Å². The first kappa shape index (κ1) is 9.58. The summed E-state index contributed by atoms with van der Waals surface area (Å²) in [6.45, 7) is 0.375. The van der Waals surface area contributed by atoms with Crippen LogP contribution in [-0.2, 0) is 5.54 Å². The van der Waals surface area contributed by atoms with Crippen molar-refractivity contribution in [2.24, 2.45) is 0 Å². The molecule has 1 unspecified atom stereocenters. The number of hydrogen-bond donors (Lipinski definition) is 1. The monoisotopic (exact) mass is 205 g/mol. The Morgan fingerprint density at radius 3 is 2.64 bits per heavy atom. The van der Waals surface area contributed by atoms with E-state index in [0.29, 0.717) is 13.0 Å². The van der Waals surface area contributed by atoms with E-state index in [1.54, 1.807) is 0 Å². The third kappa shape index (κ3) is 1.23. The van der Waals surface area contributed by atoms with Crippen molar-refractivity contribution in [3.8, 4) is 0 Å². The van der Waals surface area contributed by atoms with Gasteiger partial charge < -0.3 is 4.42 Å². The average molecular weight is 205 g/mol. The first-order valence-corrected chi connectivity index (χ1v) is 4.42. The van der Waals surface area contributed by atoms with Crippen LogP contribution in [0.25, 0.3) is 0 Å². The summed E-state index contributed by atoms with van der Waals surface area (Å²) in [6, 6.07) is 2.84. The highest BCUT2D eigenvalue weighted by Gasteiger charge is 2.59. The Hall–Kier alpha value is -0.970. The van der Waals surface area contributed by atoms with Gasteiger partial charge in [0.2, 0.25) is 0 Å². The van der Waals surface area contributed by atoms with Gasteiger partial charge in [0, 0.05) is 0 Å². The van der Waals surface area contributed by atoms with Crippen LogP contribution in [-0.4, -0.2) is 12.7 Å². The highest BCUT2D eigenvalue weighted by molar-refractivity contribution is 5.18. The van der Waals surface area contributed by atoms with Crippen LogP contribution in [0.2, 0.25) is 0 Å². The molecule has 0 aromatic carbocycles. The van der Waals surface area contributed by atoms with Crippen LogP contribution in [0.1, 0.15) is 18.6 Å². The molecule has 2 heterocycles. The van der Waals surface area contributed by atoms with Gasteiger partial charge in [0.05, 0.1) is 6.26 Å². The first-order chi connectivity index (χ1) is 6.56. The normalized spacial score (nSPS) is 28.2. The van der Waals surface area contributed by atoms with Crippen molar-refractivity contribution < 1.29 is 17.6 Å². The Labute approximate surface area is 79.1 Å². The second kappa shape index (κ2) is 3.02. The van der Waals surface area contributed by atoms with Crippen LogP contribution < -0.4 is 5.32 Å². The van der Waals surface area contributed by atoms with Gasteiger partial charge >= 0.3 is 6.18 Å². The van der Waals surface area contributed by atoms with Crippen LogP contribution in [0.4, 0.5) is 13.2 Å². The lowest BCUT2D eigenvalue weighted by Gasteiger charge is -2.29. The van der Waals surface area contributed by atoms with E-state index in [0.717, 1.165) is 0 Å². The smallest absolute Gasteiger partial charge is 0.413 e. The Balaban J connectivity index is 2.42. The summed E-state index contributed by atoms with van der Waals surface area (Å²) < 4.78 is 43.4. The molecule has 5 heteroatoms. The maximum Gasteiger partial charge on any atom is 0.413 e. The van der Waals surface area contributed by atoms with Crippen LogP contribution >= 0.6 is 0 Å². The molecule has 78 valence electrons. The molecule has 1 fully saturated rings. The van der Waals surface area contributed by atoms with E-state index in [4.69, 9.17) is 4.42 Å². The summed E-state index contributed by atoms with van der Waals surface area (Å²) >= 11 is 0. The van der Waals surface area contributed by atoms with Gasteiger partial charge in [-0.1, -0.05) is 0 Å². The molecular formula is C9H10F3NO. The Morgan fingerprint density at radius 1 is 1.43 bits per heavy atom. The van der Waals surface area contributed by atoms with Gasteiger partial charge in [-0.3, -0.25) is 5.32 Å². The van der Waals surface area contributed by atoms with E-state index in [1.807, 2.05) is 0 Å². The zero-order valence-electron chi connectivity index (χ0n) is 7.40. The molecule has 1 aromatic heterocycles. The van der Waals surface area contributed by atoms with E-state index < -0.39 is 11.7 Å². The molecule has 1 aromatic rings. The van der Waals surface area contributed by atoms with E-state index in [-0.39, 0.29) is 12.2 Å². The summed E-state index contributed by atoms with van der Waals surface area (Å²) in [5, 5.41) is 2.49. The van der Waals surface area contributed by atoms with Gasteiger partial charge in [-0.2, -0.15) is 13.2 Å². The van der Waals surface area contributed by atoms with Crippen molar-refractivity contribution in [1.82, 2.24) is 5.32 Å². The maximum atomic E-state index is 12.9. The van der Waals surface area contributed by atoms with Crippen LogP contribution in [0.15, 0.2) is 22.8 Å². The van der Waals surface area contributed by atoms with Crippen LogP contribution in [0.3, 0.4) is 0 Å². The molecule has 14 heavy (non-hydrogen) atoms. The first-order valence-electron chi connectivity index (χ1n) is 4.42. The highest BCUT2D eigenvalue weighted by Crippen LogP contribution is 2.44. The third-order valence-corrected chi connectivity index (χ3v) is 2.58. The number of rotatable bonds is 1. The molecule has 1 aliphatic rings. The lowest BCUT2D eigenvalue weighted by Crippen LogP contribution is -2.49. The third-order valence-electron chi connectivity index (χ3n) is 2.58. The zero-order chi connectivity index (χ0) is 10.2. The van der Waals surface area contributed by atoms with Gasteiger partial charge in [-0.25, -0.2) is 0 Å². The summed E-state index contributed by atoms with van der Waals surface area (Å²) in [7, 11) is 0. The Bertz CT molecular complexity index is 298. The number of furan rings is 1. The maximum absolute atomic E-state index is 12.9. The van der Waals surface area contributed by atoms with Gasteiger partial charge in [0.25, 0.3) is 0 Å². The van der Waals surface area contributed by atoms with E-state index in [9.17, 15) is 13.2 Å². The molecule has 1 N–H and O–H groups in total. The number of nitrogens with one attached hydrogen (secondary N) is 1.